The highest BCUT2D eigenvalue weighted by Gasteiger charge is 2.31. The Balaban J connectivity index is 1.92. The van der Waals surface area contributed by atoms with E-state index in [2.05, 4.69) is 36.1 Å². The van der Waals surface area contributed by atoms with Crippen molar-refractivity contribution >= 4 is 11.8 Å². The summed E-state index contributed by atoms with van der Waals surface area (Å²) in [4.78, 5) is 3.35. The lowest BCUT2D eigenvalue weighted by molar-refractivity contribution is -0.00944. The fourth-order valence-corrected chi connectivity index (χ4v) is 4.08. The first kappa shape index (κ1) is 21.6. The van der Waals surface area contributed by atoms with Crippen molar-refractivity contribution in [2.45, 2.75) is 36.6 Å². The van der Waals surface area contributed by atoms with Gasteiger partial charge in [-0.05, 0) is 42.0 Å². The minimum absolute atomic E-state index is 0.0358. The molecule has 2 N–H and O–H groups in total. The summed E-state index contributed by atoms with van der Waals surface area (Å²) in [5.74, 6) is 0. The molecular formula is C25H29NO2S. The van der Waals surface area contributed by atoms with Gasteiger partial charge in [-0.1, -0.05) is 72.8 Å². The average molecular weight is 408 g/mol. The van der Waals surface area contributed by atoms with Crippen LogP contribution in [0.4, 0.5) is 0 Å². The molecule has 0 unspecified atom stereocenters. The van der Waals surface area contributed by atoms with Gasteiger partial charge in [0.2, 0.25) is 0 Å². The Morgan fingerprint density at radius 2 is 1.41 bits per heavy atom. The largest absolute Gasteiger partial charge is 0.395 e. The van der Waals surface area contributed by atoms with Crippen molar-refractivity contribution in [3.05, 3.63) is 102 Å². The molecule has 0 saturated carbocycles. The second kappa shape index (κ2) is 10.6. The molecule has 0 heterocycles. The highest BCUT2D eigenvalue weighted by atomic mass is 32.2. The van der Waals surface area contributed by atoms with Crippen molar-refractivity contribution < 1.29 is 10.2 Å². The SMILES string of the molecule is CSc1ccc([C@@H](O)[C@H](CO)N(Cc2ccccc2)[C@H](C)c2ccccc2)cc1. The van der Waals surface area contributed by atoms with Crippen LogP contribution >= 0.6 is 11.8 Å². The number of aliphatic hydroxyl groups is 2. The van der Waals surface area contributed by atoms with Gasteiger partial charge in [0.1, 0.15) is 0 Å². The molecule has 3 nitrogen and oxygen atoms in total. The Labute approximate surface area is 178 Å². The maximum absolute atomic E-state index is 11.2. The highest BCUT2D eigenvalue weighted by Crippen LogP contribution is 2.31. The zero-order chi connectivity index (χ0) is 20.6. The van der Waals surface area contributed by atoms with Crippen LogP contribution in [0.3, 0.4) is 0 Å². The van der Waals surface area contributed by atoms with E-state index >= 15 is 0 Å². The first-order valence-electron chi connectivity index (χ1n) is 9.91. The van der Waals surface area contributed by atoms with Gasteiger partial charge in [0, 0.05) is 17.5 Å². The van der Waals surface area contributed by atoms with Crippen molar-refractivity contribution in [1.82, 2.24) is 4.90 Å². The quantitative estimate of drug-likeness (QED) is 0.486. The smallest absolute Gasteiger partial charge is 0.0967 e. The Hall–Kier alpha value is -2.11. The van der Waals surface area contributed by atoms with Crippen LogP contribution in [0.15, 0.2) is 89.8 Å². The number of benzene rings is 3. The van der Waals surface area contributed by atoms with Crippen LogP contribution in [-0.4, -0.2) is 34.0 Å². The summed E-state index contributed by atoms with van der Waals surface area (Å²) in [5, 5.41) is 21.5. The van der Waals surface area contributed by atoms with Gasteiger partial charge in [-0.25, -0.2) is 0 Å². The summed E-state index contributed by atoms with van der Waals surface area (Å²) in [5.41, 5.74) is 3.13. The van der Waals surface area contributed by atoms with Crippen LogP contribution < -0.4 is 0 Å². The normalized spacial score (nSPS) is 14.5. The molecule has 152 valence electrons. The highest BCUT2D eigenvalue weighted by molar-refractivity contribution is 7.98. The molecule has 3 aromatic rings. The van der Waals surface area contributed by atoms with E-state index in [0.717, 1.165) is 21.6 Å². The van der Waals surface area contributed by atoms with E-state index < -0.39 is 12.1 Å². The molecule has 3 rings (SSSR count). The number of aliphatic hydroxyl groups excluding tert-OH is 2. The molecule has 0 spiro atoms. The molecule has 0 aliphatic rings. The zero-order valence-electron chi connectivity index (χ0n) is 17.0. The Morgan fingerprint density at radius 1 is 0.828 bits per heavy atom. The maximum atomic E-state index is 11.2. The van der Waals surface area contributed by atoms with E-state index in [0.29, 0.717) is 6.54 Å². The fourth-order valence-electron chi connectivity index (χ4n) is 3.67. The summed E-state index contributed by atoms with van der Waals surface area (Å²) >= 11 is 1.67. The molecule has 0 aromatic heterocycles. The number of hydrogen-bond acceptors (Lipinski definition) is 4. The minimum atomic E-state index is -0.786. The molecule has 0 radical (unpaired) electrons. The maximum Gasteiger partial charge on any atom is 0.0967 e. The van der Waals surface area contributed by atoms with Gasteiger partial charge >= 0.3 is 0 Å². The van der Waals surface area contributed by atoms with E-state index in [4.69, 9.17) is 0 Å². The van der Waals surface area contributed by atoms with Crippen molar-refractivity contribution in [2.75, 3.05) is 12.9 Å². The molecular weight excluding hydrogens is 378 g/mol. The van der Waals surface area contributed by atoms with Gasteiger partial charge in [-0.3, -0.25) is 4.90 Å². The lowest BCUT2D eigenvalue weighted by Crippen LogP contribution is -2.43. The third-order valence-electron chi connectivity index (χ3n) is 5.42. The Kier molecular flexibility index (Phi) is 7.90. The van der Waals surface area contributed by atoms with Gasteiger partial charge in [0.05, 0.1) is 18.8 Å². The van der Waals surface area contributed by atoms with Crippen molar-refractivity contribution in [1.29, 1.82) is 0 Å². The van der Waals surface area contributed by atoms with E-state index in [9.17, 15) is 10.2 Å². The predicted octanol–water partition coefficient (Wildman–Crippen LogP) is 5.07. The number of rotatable bonds is 9. The van der Waals surface area contributed by atoms with E-state index in [1.165, 1.54) is 0 Å². The molecule has 4 heteroatoms. The topological polar surface area (TPSA) is 43.7 Å². The second-order valence-corrected chi connectivity index (χ2v) is 8.09. The monoisotopic (exact) mass is 407 g/mol. The summed E-state index contributed by atoms with van der Waals surface area (Å²) in [6.07, 6.45) is 1.25. The standard InChI is InChI=1S/C25H29NO2S/c1-19(21-11-7-4-8-12-21)26(17-20-9-5-3-6-10-20)24(18-27)25(28)22-13-15-23(29-2)16-14-22/h3-16,19,24-25,27-28H,17-18H2,1-2H3/t19-,24+,25-/m1/s1. The van der Waals surface area contributed by atoms with Crippen molar-refractivity contribution in [3.63, 3.8) is 0 Å². The van der Waals surface area contributed by atoms with E-state index in [1.807, 2.05) is 66.9 Å². The van der Waals surface area contributed by atoms with Crippen LogP contribution in [0.5, 0.6) is 0 Å². The predicted molar refractivity (Wildman–Crippen MR) is 121 cm³/mol. The summed E-state index contributed by atoms with van der Waals surface area (Å²) in [6.45, 7) is 2.64. The molecule has 3 atom stereocenters. The first-order chi connectivity index (χ1) is 14.1. The number of nitrogens with zero attached hydrogens (tertiary/aromatic N) is 1. The molecule has 0 aliphatic carbocycles. The first-order valence-corrected chi connectivity index (χ1v) is 11.1. The molecule has 3 aromatic carbocycles. The van der Waals surface area contributed by atoms with Gasteiger partial charge in [0.25, 0.3) is 0 Å². The van der Waals surface area contributed by atoms with Crippen LogP contribution in [0.2, 0.25) is 0 Å². The van der Waals surface area contributed by atoms with Crippen LogP contribution in [-0.2, 0) is 6.54 Å². The molecule has 0 amide bonds. The Morgan fingerprint density at radius 3 is 1.97 bits per heavy atom. The third kappa shape index (κ3) is 5.49. The van der Waals surface area contributed by atoms with Crippen molar-refractivity contribution in [2.24, 2.45) is 0 Å². The number of hydrogen-bond donors (Lipinski definition) is 2. The summed E-state index contributed by atoms with van der Waals surface area (Å²) in [6, 6.07) is 28.0. The van der Waals surface area contributed by atoms with Gasteiger partial charge in [-0.15, -0.1) is 11.8 Å². The molecule has 0 saturated heterocycles. The fraction of sp³-hybridized carbons (Fsp3) is 0.280. The number of thioether (sulfide) groups is 1. The lowest BCUT2D eigenvalue weighted by Gasteiger charge is -2.38. The minimum Gasteiger partial charge on any atom is -0.395 e. The van der Waals surface area contributed by atoms with Gasteiger partial charge in [-0.2, -0.15) is 0 Å². The molecule has 29 heavy (non-hydrogen) atoms. The van der Waals surface area contributed by atoms with E-state index in [-0.39, 0.29) is 12.6 Å². The van der Waals surface area contributed by atoms with Crippen LogP contribution in [0.25, 0.3) is 0 Å². The van der Waals surface area contributed by atoms with Crippen LogP contribution in [0, 0.1) is 0 Å². The Bertz CT molecular complexity index is 855. The average Bonchev–Trinajstić information content (AvgIpc) is 2.79. The zero-order valence-corrected chi connectivity index (χ0v) is 17.8. The molecule has 0 aliphatic heterocycles. The molecule has 0 fully saturated rings. The van der Waals surface area contributed by atoms with Crippen LogP contribution in [0.1, 0.15) is 35.8 Å². The molecule has 0 bridgehead atoms. The van der Waals surface area contributed by atoms with Gasteiger partial charge < -0.3 is 10.2 Å². The summed E-state index contributed by atoms with van der Waals surface area (Å²) < 4.78 is 0. The van der Waals surface area contributed by atoms with Crippen molar-refractivity contribution in [3.8, 4) is 0 Å². The third-order valence-corrected chi connectivity index (χ3v) is 6.17. The lowest BCUT2D eigenvalue weighted by atomic mass is 9.97. The van der Waals surface area contributed by atoms with Gasteiger partial charge in [0.15, 0.2) is 0 Å². The summed E-state index contributed by atoms with van der Waals surface area (Å²) in [7, 11) is 0. The second-order valence-electron chi connectivity index (χ2n) is 7.21. The van der Waals surface area contributed by atoms with E-state index in [1.54, 1.807) is 11.8 Å².